The van der Waals surface area contributed by atoms with Gasteiger partial charge in [0.15, 0.2) is 0 Å². The zero-order valence-electron chi connectivity index (χ0n) is 12.2. The standard InChI is InChI=1S/C16H25BrN2/c1-11-4-5-14(15(17)7-11)16(8-18)19-9-12(2)6-13(3)10-19/h4-5,7,12-13,16H,6,8-10,18H2,1-3H3. The summed E-state index contributed by atoms with van der Waals surface area (Å²) in [6.07, 6.45) is 1.34. The number of hydrogen-bond donors (Lipinski definition) is 1. The molecule has 0 saturated carbocycles. The van der Waals surface area contributed by atoms with E-state index in [1.54, 1.807) is 0 Å². The van der Waals surface area contributed by atoms with Crippen LogP contribution in [0.2, 0.25) is 0 Å². The lowest BCUT2D eigenvalue weighted by Gasteiger charge is -2.40. The van der Waals surface area contributed by atoms with E-state index in [0.29, 0.717) is 12.6 Å². The predicted molar refractivity (Wildman–Crippen MR) is 85.2 cm³/mol. The topological polar surface area (TPSA) is 29.3 Å². The minimum absolute atomic E-state index is 0.333. The summed E-state index contributed by atoms with van der Waals surface area (Å²) >= 11 is 3.70. The van der Waals surface area contributed by atoms with Gasteiger partial charge in [0.1, 0.15) is 0 Å². The van der Waals surface area contributed by atoms with Crippen molar-refractivity contribution in [2.75, 3.05) is 19.6 Å². The molecule has 3 heteroatoms. The minimum Gasteiger partial charge on any atom is -0.329 e. The Morgan fingerprint density at radius 2 is 1.95 bits per heavy atom. The molecule has 1 heterocycles. The number of piperidine rings is 1. The molecule has 1 aliphatic rings. The summed E-state index contributed by atoms with van der Waals surface area (Å²) in [7, 11) is 0. The van der Waals surface area contributed by atoms with Gasteiger partial charge in [-0.15, -0.1) is 0 Å². The molecule has 0 aromatic heterocycles. The summed E-state index contributed by atoms with van der Waals surface area (Å²) in [5, 5.41) is 0. The summed E-state index contributed by atoms with van der Waals surface area (Å²) in [6.45, 7) is 9.82. The maximum Gasteiger partial charge on any atom is 0.0481 e. The van der Waals surface area contributed by atoms with Crippen molar-refractivity contribution in [3.63, 3.8) is 0 Å². The van der Waals surface area contributed by atoms with Gasteiger partial charge >= 0.3 is 0 Å². The van der Waals surface area contributed by atoms with E-state index < -0.39 is 0 Å². The van der Waals surface area contributed by atoms with E-state index in [-0.39, 0.29) is 0 Å². The van der Waals surface area contributed by atoms with Crippen LogP contribution < -0.4 is 5.73 Å². The lowest BCUT2D eigenvalue weighted by atomic mass is 9.89. The monoisotopic (exact) mass is 324 g/mol. The predicted octanol–water partition coefficient (Wildman–Crippen LogP) is 3.74. The molecule has 1 aliphatic heterocycles. The third-order valence-electron chi connectivity index (χ3n) is 4.08. The van der Waals surface area contributed by atoms with Crippen LogP contribution in [0.5, 0.6) is 0 Å². The molecular weight excluding hydrogens is 300 g/mol. The molecule has 2 rings (SSSR count). The SMILES string of the molecule is Cc1ccc(C(CN)N2CC(C)CC(C)C2)c(Br)c1. The van der Waals surface area contributed by atoms with Crippen molar-refractivity contribution in [1.82, 2.24) is 4.90 Å². The zero-order valence-corrected chi connectivity index (χ0v) is 13.8. The molecule has 106 valence electrons. The van der Waals surface area contributed by atoms with Crippen molar-refractivity contribution in [3.05, 3.63) is 33.8 Å². The maximum atomic E-state index is 6.07. The highest BCUT2D eigenvalue weighted by molar-refractivity contribution is 9.10. The van der Waals surface area contributed by atoms with Gasteiger partial charge in [-0.05, 0) is 42.4 Å². The highest BCUT2D eigenvalue weighted by Gasteiger charge is 2.28. The van der Waals surface area contributed by atoms with E-state index >= 15 is 0 Å². The van der Waals surface area contributed by atoms with Crippen LogP contribution >= 0.6 is 15.9 Å². The molecular formula is C16H25BrN2. The van der Waals surface area contributed by atoms with Crippen molar-refractivity contribution >= 4 is 15.9 Å². The Morgan fingerprint density at radius 3 is 2.47 bits per heavy atom. The van der Waals surface area contributed by atoms with Gasteiger partial charge < -0.3 is 5.73 Å². The maximum absolute atomic E-state index is 6.07. The van der Waals surface area contributed by atoms with Crippen LogP contribution in [0.1, 0.15) is 37.4 Å². The average molecular weight is 325 g/mol. The molecule has 2 nitrogen and oxygen atoms in total. The molecule has 0 aliphatic carbocycles. The molecule has 1 saturated heterocycles. The van der Waals surface area contributed by atoms with Crippen LogP contribution in [0.3, 0.4) is 0 Å². The molecule has 0 radical (unpaired) electrons. The van der Waals surface area contributed by atoms with E-state index in [0.717, 1.165) is 24.9 Å². The van der Waals surface area contributed by atoms with Crippen LogP contribution in [0.25, 0.3) is 0 Å². The Hall–Kier alpha value is -0.380. The highest BCUT2D eigenvalue weighted by Crippen LogP contribution is 2.32. The number of benzene rings is 1. The van der Waals surface area contributed by atoms with Gasteiger partial charge in [-0.25, -0.2) is 0 Å². The lowest BCUT2D eigenvalue weighted by Crippen LogP contribution is -2.43. The highest BCUT2D eigenvalue weighted by atomic mass is 79.9. The van der Waals surface area contributed by atoms with Crippen molar-refractivity contribution in [3.8, 4) is 0 Å². The fraction of sp³-hybridized carbons (Fsp3) is 0.625. The Bertz CT molecular complexity index is 423. The van der Waals surface area contributed by atoms with Crippen molar-refractivity contribution in [2.45, 2.75) is 33.2 Å². The third-order valence-corrected chi connectivity index (χ3v) is 4.76. The van der Waals surface area contributed by atoms with E-state index in [4.69, 9.17) is 5.73 Å². The smallest absolute Gasteiger partial charge is 0.0481 e. The Kier molecular flexibility index (Phi) is 5.04. The van der Waals surface area contributed by atoms with Crippen LogP contribution in [0, 0.1) is 18.8 Å². The first-order chi connectivity index (χ1) is 9.01. The van der Waals surface area contributed by atoms with Gasteiger partial charge in [0.25, 0.3) is 0 Å². The summed E-state index contributed by atoms with van der Waals surface area (Å²) < 4.78 is 1.19. The van der Waals surface area contributed by atoms with Crippen molar-refractivity contribution < 1.29 is 0 Å². The molecule has 19 heavy (non-hydrogen) atoms. The largest absolute Gasteiger partial charge is 0.329 e. The molecule has 3 atom stereocenters. The van der Waals surface area contributed by atoms with Crippen LogP contribution in [0.4, 0.5) is 0 Å². The molecule has 1 aromatic carbocycles. The number of likely N-dealkylation sites (tertiary alicyclic amines) is 1. The zero-order chi connectivity index (χ0) is 14.0. The van der Waals surface area contributed by atoms with Crippen LogP contribution in [-0.4, -0.2) is 24.5 Å². The third kappa shape index (κ3) is 3.59. The number of halogens is 1. The van der Waals surface area contributed by atoms with Gasteiger partial charge in [-0.2, -0.15) is 0 Å². The molecule has 0 bridgehead atoms. The summed E-state index contributed by atoms with van der Waals surface area (Å²) in [5.41, 5.74) is 8.68. The fourth-order valence-electron chi connectivity index (χ4n) is 3.34. The van der Waals surface area contributed by atoms with Gasteiger partial charge in [0, 0.05) is 30.1 Å². The second-order valence-electron chi connectivity index (χ2n) is 6.18. The minimum atomic E-state index is 0.333. The molecule has 1 fully saturated rings. The summed E-state index contributed by atoms with van der Waals surface area (Å²) in [5.74, 6) is 1.53. The lowest BCUT2D eigenvalue weighted by molar-refractivity contribution is 0.0981. The van der Waals surface area contributed by atoms with Crippen LogP contribution in [0.15, 0.2) is 22.7 Å². The van der Waals surface area contributed by atoms with E-state index in [2.05, 4.69) is 59.8 Å². The first-order valence-corrected chi connectivity index (χ1v) is 8.00. The van der Waals surface area contributed by atoms with E-state index in [1.807, 2.05) is 0 Å². The Balaban J connectivity index is 2.23. The average Bonchev–Trinajstić information content (AvgIpc) is 2.31. The molecule has 2 N–H and O–H groups in total. The first kappa shape index (κ1) is 15.0. The van der Waals surface area contributed by atoms with Gasteiger partial charge in [-0.1, -0.05) is 41.9 Å². The Labute approximate surface area is 125 Å². The second kappa shape index (κ2) is 6.38. The summed E-state index contributed by atoms with van der Waals surface area (Å²) in [4.78, 5) is 2.56. The molecule has 0 amide bonds. The number of rotatable bonds is 3. The number of nitrogens with two attached hydrogens (primary N) is 1. The second-order valence-corrected chi connectivity index (χ2v) is 7.03. The van der Waals surface area contributed by atoms with E-state index in [1.165, 1.54) is 22.0 Å². The van der Waals surface area contributed by atoms with Gasteiger partial charge in [-0.3, -0.25) is 4.90 Å². The van der Waals surface area contributed by atoms with Gasteiger partial charge in [0.05, 0.1) is 0 Å². The molecule has 0 spiro atoms. The number of hydrogen-bond acceptors (Lipinski definition) is 2. The molecule has 1 aromatic rings. The summed E-state index contributed by atoms with van der Waals surface area (Å²) in [6, 6.07) is 6.93. The van der Waals surface area contributed by atoms with Crippen molar-refractivity contribution in [1.29, 1.82) is 0 Å². The fourth-order valence-corrected chi connectivity index (χ4v) is 4.10. The number of nitrogens with zero attached hydrogens (tertiary/aromatic N) is 1. The quantitative estimate of drug-likeness (QED) is 0.917. The Morgan fingerprint density at radius 1 is 1.32 bits per heavy atom. The van der Waals surface area contributed by atoms with E-state index in [9.17, 15) is 0 Å². The van der Waals surface area contributed by atoms with Crippen LogP contribution in [-0.2, 0) is 0 Å². The molecule has 3 unspecified atom stereocenters. The normalized spacial score (nSPS) is 26.4. The van der Waals surface area contributed by atoms with Crippen molar-refractivity contribution in [2.24, 2.45) is 17.6 Å². The number of aryl methyl sites for hydroxylation is 1. The van der Waals surface area contributed by atoms with Gasteiger partial charge in [0.2, 0.25) is 0 Å². The first-order valence-electron chi connectivity index (χ1n) is 7.21.